The second kappa shape index (κ2) is 7.19. The molecule has 0 spiro atoms. The molecule has 1 aromatic rings. The van der Waals surface area contributed by atoms with Crippen LogP contribution in [0.3, 0.4) is 0 Å². The van der Waals surface area contributed by atoms with Crippen LogP contribution < -0.4 is 5.32 Å². The number of furan rings is 1. The van der Waals surface area contributed by atoms with Crippen LogP contribution in [0.2, 0.25) is 0 Å². The van der Waals surface area contributed by atoms with E-state index in [9.17, 15) is 0 Å². The van der Waals surface area contributed by atoms with Crippen LogP contribution in [0.15, 0.2) is 21.2 Å². The fraction of sp³-hybridized carbons (Fsp3) is 0.692. The predicted molar refractivity (Wildman–Crippen MR) is 75.1 cm³/mol. The van der Waals surface area contributed by atoms with E-state index in [0.717, 1.165) is 29.9 Å². The lowest BCUT2D eigenvalue weighted by molar-refractivity contribution is 0.175. The van der Waals surface area contributed by atoms with Crippen LogP contribution in [0.1, 0.15) is 33.5 Å². The Morgan fingerprint density at radius 2 is 1.94 bits per heavy atom. The molecular weight excluding hydrogens is 280 g/mol. The molecule has 0 radical (unpaired) electrons. The van der Waals surface area contributed by atoms with Gasteiger partial charge in [0.2, 0.25) is 0 Å². The van der Waals surface area contributed by atoms with Crippen LogP contribution >= 0.6 is 15.9 Å². The van der Waals surface area contributed by atoms with Gasteiger partial charge in [0, 0.05) is 25.2 Å². The molecule has 0 amide bonds. The van der Waals surface area contributed by atoms with Gasteiger partial charge in [-0.15, -0.1) is 0 Å². The second-order valence-electron chi connectivity index (χ2n) is 4.79. The van der Waals surface area contributed by atoms with E-state index in [1.165, 1.54) is 0 Å². The first kappa shape index (κ1) is 14.7. The molecular formula is C13H23BrN2O. The predicted octanol–water partition coefficient (Wildman–Crippen LogP) is 3.25. The van der Waals surface area contributed by atoms with Crippen molar-refractivity contribution in [1.29, 1.82) is 0 Å². The molecule has 1 aromatic heterocycles. The zero-order valence-corrected chi connectivity index (χ0v) is 12.8. The molecule has 98 valence electrons. The summed E-state index contributed by atoms with van der Waals surface area (Å²) in [6.07, 6.45) is 1.70. The number of nitrogens with zero attached hydrogens (tertiary/aromatic N) is 1. The Balaban J connectivity index is 2.25. The van der Waals surface area contributed by atoms with E-state index in [1.807, 2.05) is 6.07 Å². The highest BCUT2D eigenvalue weighted by atomic mass is 79.9. The van der Waals surface area contributed by atoms with Crippen LogP contribution in [0, 0.1) is 0 Å². The summed E-state index contributed by atoms with van der Waals surface area (Å²) in [6, 6.07) is 3.10. The summed E-state index contributed by atoms with van der Waals surface area (Å²) in [5.74, 6) is 0.964. The average molecular weight is 303 g/mol. The Bertz CT molecular complexity index is 315. The summed E-state index contributed by atoms with van der Waals surface area (Å²) in [7, 11) is 0. The minimum atomic E-state index is 0.590. The van der Waals surface area contributed by atoms with Gasteiger partial charge in [0.05, 0.1) is 17.3 Å². The van der Waals surface area contributed by atoms with Gasteiger partial charge in [-0.1, -0.05) is 0 Å². The molecule has 0 aromatic carbocycles. The number of rotatable bonds is 7. The van der Waals surface area contributed by atoms with E-state index in [-0.39, 0.29) is 0 Å². The van der Waals surface area contributed by atoms with E-state index >= 15 is 0 Å². The third kappa shape index (κ3) is 4.82. The molecule has 1 heterocycles. The van der Waals surface area contributed by atoms with E-state index in [2.05, 4.69) is 53.8 Å². The maximum absolute atomic E-state index is 5.34. The van der Waals surface area contributed by atoms with E-state index in [1.54, 1.807) is 6.26 Å². The van der Waals surface area contributed by atoms with Crippen LogP contribution in [0.4, 0.5) is 0 Å². The molecule has 0 aliphatic rings. The van der Waals surface area contributed by atoms with Crippen LogP contribution in [0.25, 0.3) is 0 Å². The highest BCUT2D eigenvalue weighted by molar-refractivity contribution is 9.10. The van der Waals surface area contributed by atoms with Gasteiger partial charge in [-0.3, -0.25) is 4.90 Å². The van der Waals surface area contributed by atoms with Gasteiger partial charge in [-0.05, 0) is 49.7 Å². The Morgan fingerprint density at radius 1 is 1.29 bits per heavy atom. The third-order valence-corrected chi connectivity index (χ3v) is 3.56. The van der Waals surface area contributed by atoms with Gasteiger partial charge in [0.15, 0.2) is 0 Å². The lowest BCUT2D eigenvalue weighted by Crippen LogP contribution is -2.41. The van der Waals surface area contributed by atoms with Crippen LogP contribution in [0.5, 0.6) is 0 Å². The van der Waals surface area contributed by atoms with Crippen LogP contribution in [-0.4, -0.2) is 30.1 Å². The summed E-state index contributed by atoms with van der Waals surface area (Å²) in [4.78, 5) is 2.48. The Morgan fingerprint density at radius 3 is 2.41 bits per heavy atom. The quantitative estimate of drug-likeness (QED) is 0.784. The summed E-state index contributed by atoms with van der Waals surface area (Å²) in [6.45, 7) is 11.8. The Kier molecular flexibility index (Phi) is 6.23. The smallest absolute Gasteiger partial charge is 0.131 e. The molecule has 0 bridgehead atoms. The first-order valence-corrected chi connectivity index (χ1v) is 7.00. The molecule has 0 saturated carbocycles. The molecule has 1 rings (SSSR count). The highest BCUT2D eigenvalue weighted by Gasteiger charge is 2.12. The summed E-state index contributed by atoms with van der Waals surface area (Å²) >= 11 is 3.45. The normalized spacial score (nSPS) is 12.0. The van der Waals surface area contributed by atoms with Crippen molar-refractivity contribution in [2.45, 2.75) is 46.3 Å². The van der Waals surface area contributed by atoms with Gasteiger partial charge in [-0.25, -0.2) is 0 Å². The summed E-state index contributed by atoms with van der Waals surface area (Å²) in [5, 5.41) is 3.40. The molecule has 4 heteroatoms. The standard InChI is InChI=1S/C13H23BrN2O/c1-10(2)16(11(3)4)7-6-15-9-13-12(14)5-8-17-13/h5,8,10-11,15H,6-7,9H2,1-4H3. The van der Waals surface area contributed by atoms with Crippen molar-refractivity contribution >= 4 is 15.9 Å². The zero-order chi connectivity index (χ0) is 12.8. The Labute approximate surface area is 113 Å². The minimum absolute atomic E-state index is 0.590. The van der Waals surface area contributed by atoms with E-state index in [4.69, 9.17) is 4.42 Å². The highest BCUT2D eigenvalue weighted by Crippen LogP contribution is 2.16. The molecule has 17 heavy (non-hydrogen) atoms. The van der Waals surface area contributed by atoms with Crippen molar-refractivity contribution in [3.8, 4) is 0 Å². The maximum atomic E-state index is 5.34. The summed E-state index contributed by atoms with van der Waals surface area (Å²) in [5.41, 5.74) is 0. The molecule has 0 saturated heterocycles. The fourth-order valence-corrected chi connectivity index (χ4v) is 2.32. The second-order valence-corrected chi connectivity index (χ2v) is 5.65. The average Bonchev–Trinajstić information content (AvgIpc) is 2.63. The van der Waals surface area contributed by atoms with Gasteiger partial charge < -0.3 is 9.73 Å². The molecule has 0 unspecified atom stereocenters. The number of halogens is 1. The first-order chi connectivity index (χ1) is 8.02. The van der Waals surface area contributed by atoms with Crippen molar-refractivity contribution in [2.75, 3.05) is 13.1 Å². The molecule has 0 atom stereocenters. The SMILES string of the molecule is CC(C)N(CCNCc1occc1Br)C(C)C. The molecule has 0 aliphatic carbocycles. The lowest BCUT2D eigenvalue weighted by atomic mass is 10.2. The molecule has 3 nitrogen and oxygen atoms in total. The van der Waals surface area contributed by atoms with Gasteiger partial charge >= 0.3 is 0 Å². The monoisotopic (exact) mass is 302 g/mol. The van der Waals surface area contributed by atoms with Gasteiger partial charge in [-0.2, -0.15) is 0 Å². The Hall–Kier alpha value is -0.320. The molecule has 0 aliphatic heterocycles. The van der Waals surface area contributed by atoms with Crippen LogP contribution in [-0.2, 0) is 6.54 Å². The third-order valence-electron chi connectivity index (χ3n) is 2.85. The number of hydrogen-bond donors (Lipinski definition) is 1. The summed E-state index contributed by atoms with van der Waals surface area (Å²) < 4.78 is 6.38. The molecule has 1 N–H and O–H groups in total. The zero-order valence-electron chi connectivity index (χ0n) is 11.2. The fourth-order valence-electron chi connectivity index (χ4n) is 1.97. The lowest BCUT2D eigenvalue weighted by Gasteiger charge is -2.30. The largest absolute Gasteiger partial charge is 0.467 e. The van der Waals surface area contributed by atoms with Crippen molar-refractivity contribution in [1.82, 2.24) is 10.2 Å². The first-order valence-electron chi connectivity index (χ1n) is 6.20. The maximum Gasteiger partial charge on any atom is 0.131 e. The van der Waals surface area contributed by atoms with E-state index < -0.39 is 0 Å². The van der Waals surface area contributed by atoms with Crippen molar-refractivity contribution < 1.29 is 4.42 Å². The topological polar surface area (TPSA) is 28.4 Å². The van der Waals surface area contributed by atoms with Crippen molar-refractivity contribution in [3.05, 3.63) is 22.6 Å². The number of hydrogen-bond acceptors (Lipinski definition) is 3. The minimum Gasteiger partial charge on any atom is -0.467 e. The van der Waals surface area contributed by atoms with E-state index in [0.29, 0.717) is 12.1 Å². The van der Waals surface area contributed by atoms with Gasteiger partial charge in [0.1, 0.15) is 5.76 Å². The van der Waals surface area contributed by atoms with Gasteiger partial charge in [0.25, 0.3) is 0 Å². The molecule has 0 fully saturated rings. The van der Waals surface area contributed by atoms with Crippen molar-refractivity contribution in [2.24, 2.45) is 0 Å². The van der Waals surface area contributed by atoms with Crippen molar-refractivity contribution in [3.63, 3.8) is 0 Å². The number of nitrogens with one attached hydrogen (secondary N) is 1.